The quantitative estimate of drug-likeness (QED) is 0.538. The summed E-state index contributed by atoms with van der Waals surface area (Å²) in [5.41, 5.74) is 3.47. The Morgan fingerprint density at radius 3 is 2.36 bits per heavy atom. The van der Waals surface area contributed by atoms with Gasteiger partial charge in [0.2, 0.25) is 0 Å². The molecule has 144 valence electrons. The number of carboxylic acids is 1. The number of aromatic carboxylic acids is 1. The number of hydrogen-bond donors (Lipinski definition) is 2. The molecule has 3 aromatic rings. The SMILES string of the molecule is CC(C)c1ccc(-c2csc(NC(=O)OCc3ccccc3)c2C(=O)O)cc1. The third kappa shape index (κ3) is 4.58. The summed E-state index contributed by atoms with van der Waals surface area (Å²) in [5, 5.41) is 14.2. The van der Waals surface area contributed by atoms with Crippen LogP contribution in [0.1, 0.15) is 41.3 Å². The van der Waals surface area contributed by atoms with Crippen LogP contribution >= 0.6 is 11.3 Å². The van der Waals surface area contributed by atoms with Gasteiger partial charge in [-0.15, -0.1) is 11.3 Å². The Bertz CT molecular complexity index is 962. The third-order valence-corrected chi connectivity index (χ3v) is 5.22. The molecule has 0 atom stereocenters. The van der Waals surface area contributed by atoms with Crippen molar-refractivity contribution in [3.05, 3.63) is 76.7 Å². The number of hydrogen-bond acceptors (Lipinski definition) is 4. The second kappa shape index (κ2) is 8.71. The Morgan fingerprint density at radius 2 is 1.75 bits per heavy atom. The molecule has 1 aromatic heterocycles. The number of ether oxygens (including phenoxy) is 1. The summed E-state index contributed by atoms with van der Waals surface area (Å²) in [5.74, 6) is -0.699. The Morgan fingerprint density at radius 1 is 1.07 bits per heavy atom. The molecule has 0 aliphatic heterocycles. The highest BCUT2D eigenvalue weighted by atomic mass is 32.1. The molecule has 0 aliphatic carbocycles. The summed E-state index contributed by atoms with van der Waals surface area (Å²) in [7, 11) is 0. The lowest BCUT2D eigenvalue weighted by Gasteiger charge is -2.09. The molecule has 5 nitrogen and oxygen atoms in total. The zero-order chi connectivity index (χ0) is 20.1. The van der Waals surface area contributed by atoms with E-state index in [-0.39, 0.29) is 17.2 Å². The number of nitrogens with one attached hydrogen (secondary N) is 1. The number of amides is 1. The molecule has 6 heteroatoms. The minimum Gasteiger partial charge on any atom is -0.478 e. The first kappa shape index (κ1) is 19.6. The van der Waals surface area contributed by atoms with E-state index in [9.17, 15) is 14.7 Å². The third-order valence-electron chi connectivity index (χ3n) is 4.32. The predicted octanol–water partition coefficient (Wildman–Crippen LogP) is 5.99. The first-order chi connectivity index (χ1) is 13.5. The fourth-order valence-corrected chi connectivity index (χ4v) is 3.72. The van der Waals surface area contributed by atoms with Gasteiger partial charge in [-0.25, -0.2) is 9.59 Å². The summed E-state index contributed by atoms with van der Waals surface area (Å²) in [4.78, 5) is 23.9. The summed E-state index contributed by atoms with van der Waals surface area (Å²) >= 11 is 1.17. The molecule has 0 radical (unpaired) electrons. The maximum atomic E-state index is 12.1. The molecular formula is C22H21NO4S. The van der Waals surface area contributed by atoms with E-state index in [0.29, 0.717) is 11.5 Å². The average molecular weight is 395 g/mol. The van der Waals surface area contributed by atoms with Crippen LogP contribution in [0, 0.1) is 0 Å². The van der Waals surface area contributed by atoms with Gasteiger partial charge in [-0.1, -0.05) is 68.4 Å². The lowest BCUT2D eigenvalue weighted by Crippen LogP contribution is -2.14. The van der Waals surface area contributed by atoms with Gasteiger partial charge in [-0.05, 0) is 22.6 Å². The molecule has 1 amide bonds. The molecule has 28 heavy (non-hydrogen) atoms. The first-order valence-electron chi connectivity index (χ1n) is 8.88. The van der Waals surface area contributed by atoms with Crippen LogP contribution in [0.25, 0.3) is 11.1 Å². The van der Waals surface area contributed by atoms with Crippen LogP contribution in [0.2, 0.25) is 0 Å². The molecule has 0 saturated carbocycles. The van der Waals surface area contributed by atoms with E-state index in [1.54, 1.807) is 5.38 Å². The number of carboxylic acid groups (broad SMARTS) is 1. The molecule has 3 rings (SSSR count). The van der Waals surface area contributed by atoms with Crippen LogP contribution < -0.4 is 5.32 Å². The summed E-state index contributed by atoms with van der Waals surface area (Å²) in [6.45, 7) is 4.32. The van der Waals surface area contributed by atoms with E-state index in [4.69, 9.17) is 4.74 Å². The van der Waals surface area contributed by atoms with E-state index >= 15 is 0 Å². The zero-order valence-corrected chi connectivity index (χ0v) is 16.5. The van der Waals surface area contributed by atoms with Crippen LogP contribution in [-0.2, 0) is 11.3 Å². The number of anilines is 1. The van der Waals surface area contributed by atoms with Crippen molar-refractivity contribution in [2.45, 2.75) is 26.4 Å². The molecule has 1 heterocycles. The summed E-state index contributed by atoms with van der Waals surface area (Å²) in [6, 6.07) is 17.1. The summed E-state index contributed by atoms with van der Waals surface area (Å²) in [6.07, 6.45) is -0.685. The normalized spacial score (nSPS) is 10.7. The van der Waals surface area contributed by atoms with E-state index in [2.05, 4.69) is 19.2 Å². The summed E-state index contributed by atoms with van der Waals surface area (Å²) < 4.78 is 5.19. The fourth-order valence-electron chi connectivity index (χ4n) is 2.77. The van der Waals surface area contributed by atoms with E-state index in [1.165, 1.54) is 16.9 Å². The van der Waals surface area contributed by atoms with Gasteiger partial charge in [0.05, 0.1) is 0 Å². The highest BCUT2D eigenvalue weighted by Gasteiger charge is 2.21. The van der Waals surface area contributed by atoms with E-state index in [0.717, 1.165) is 11.1 Å². The highest BCUT2D eigenvalue weighted by Crippen LogP contribution is 2.36. The number of carbonyl (C=O) groups is 2. The van der Waals surface area contributed by atoms with Gasteiger partial charge in [0, 0.05) is 10.9 Å². The van der Waals surface area contributed by atoms with Crippen molar-refractivity contribution >= 4 is 28.4 Å². The molecule has 0 fully saturated rings. The minimum absolute atomic E-state index is 0.0685. The number of carbonyl (C=O) groups excluding carboxylic acids is 1. The number of rotatable bonds is 6. The monoisotopic (exact) mass is 395 g/mol. The fraction of sp³-hybridized carbons (Fsp3) is 0.182. The average Bonchev–Trinajstić information content (AvgIpc) is 3.11. The Labute approximate surface area is 167 Å². The van der Waals surface area contributed by atoms with Crippen LogP contribution in [0.15, 0.2) is 60.0 Å². The van der Waals surface area contributed by atoms with Gasteiger partial charge < -0.3 is 9.84 Å². The maximum Gasteiger partial charge on any atom is 0.412 e. The van der Waals surface area contributed by atoms with Crippen molar-refractivity contribution < 1.29 is 19.4 Å². The zero-order valence-electron chi connectivity index (χ0n) is 15.6. The lowest BCUT2D eigenvalue weighted by molar-refractivity contribution is 0.0699. The molecule has 0 saturated heterocycles. The second-order valence-electron chi connectivity index (χ2n) is 6.62. The standard InChI is InChI=1S/C22H21NO4S/c1-14(2)16-8-10-17(11-9-16)18-13-28-20(19(18)21(24)25)23-22(26)27-12-15-6-4-3-5-7-15/h3-11,13-14H,12H2,1-2H3,(H,23,26)(H,24,25). The molecule has 0 aliphatic rings. The van der Waals surface area contributed by atoms with Gasteiger partial charge in [0.25, 0.3) is 0 Å². The Kier molecular flexibility index (Phi) is 6.11. The first-order valence-corrected chi connectivity index (χ1v) is 9.76. The number of benzene rings is 2. The largest absolute Gasteiger partial charge is 0.478 e. The Balaban J connectivity index is 1.77. The van der Waals surface area contributed by atoms with Crippen molar-refractivity contribution in [1.82, 2.24) is 0 Å². The molecule has 2 aromatic carbocycles. The lowest BCUT2D eigenvalue weighted by atomic mass is 9.98. The van der Waals surface area contributed by atoms with Crippen molar-refractivity contribution in [1.29, 1.82) is 0 Å². The van der Waals surface area contributed by atoms with Crippen molar-refractivity contribution in [2.75, 3.05) is 5.32 Å². The van der Waals surface area contributed by atoms with Crippen molar-refractivity contribution in [3.8, 4) is 11.1 Å². The second-order valence-corrected chi connectivity index (χ2v) is 7.50. The van der Waals surface area contributed by atoms with Crippen LogP contribution in [-0.4, -0.2) is 17.2 Å². The van der Waals surface area contributed by atoms with E-state index in [1.807, 2.05) is 54.6 Å². The Hall–Kier alpha value is -3.12. The molecule has 0 bridgehead atoms. The topological polar surface area (TPSA) is 75.6 Å². The molecule has 0 unspecified atom stereocenters. The van der Waals surface area contributed by atoms with Crippen molar-refractivity contribution in [2.24, 2.45) is 0 Å². The highest BCUT2D eigenvalue weighted by molar-refractivity contribution is 7.15. The van der Waals surface area contributed by atoms with Gasteiger partial charge in [-0.2, -0.15) is 0 Å². The predicted molar refractivity (Wildman–Crippen MR) is 111 cm³/mol. The minimum atomic E-state index is -1.09. The van der Waals surface area contributed by atoms with Gasteiger partial charge in [0.15, 0.2) is 0 Å². The van der Waals surface area contributed by atoms with Crippen LogP contribution in [0.4, 0.5) is 9.80 Å². The molecule has 2 N–H and O–H groups in total. The van der Waals surface area contributed by atoms with Gasteiger partial charge in [-0.3, -0.25) is 5.32 Å². The maximum absolute atomic E-state index is 12.1. The smallest absolute Gasteiger partial charge is 0.412 e. The van der Waals surface area contributed by atoms with E-state index < -0.39 is 12.1 Å². The number of thiophene rings is 1. The van der Waals surface area contributed by atoms with Crippen molar-refractivity contribution in [3.63, 3.8) is 0 Å². The molecular weight excluding hydrogens is 374 g/mol. The van der Waals surface area contributed by atoms with Crippen LogP contribution in [0.5, 0.6) is 0 Å². The van der Waals surface area contributed by atoms with Crippen LogP contribution in [0.3, 0.4) is 0 Å². The van der Waals surface area contributed by atoms with Gasteiger partial charge >= 0.3 is 12.1 Å². The molecule has 0 spiro atoms. The van der Waals surface area contributed by atoms with Gasteiger partial charge in [0.1, 0.15) is 17.2 Å².